The van der Waals surface area contributed by atoms with E-state index in [9.17, 15) is 24.3 Å². The Kier molecular flexibility index (Phi) is 9.55. The average molecular weight is 589 g/mol. The van der Waals surface area contributed by atoms with Crippen LogP contribution in [0.3, 0.4) is 0 Å². The van der Waals surface area contributed by atoms with Crippen LogP contribution in [0.25, 0.3) is 5.52 Å². The van der Waals surface area contributed by atoms with E-state index in [1.54, 1.807) is 35.8 Å². The molecule has 0 aliphatic rings. The molecule has 4 aromatic rings. The number of nitrogens with zero attached hydrogens (tertiary/aromatic N) is 4. The monoisotopic (exact) mass is 588 g/mol. The number of nitrogens with one attached hydrogen (secondary N) is 2. The number of hydrogen-bond acceptors (Lipinski definition) is 10. The molecule has 13 nitrogen and oxygen atoms in total. The molecule has 0 aliphatic heterocycles. The zero-order valence-corrected chi connectivity index (χ0v) is 24.2. The molecule has 2 aromatic carbocycles. The van der Waals surface area contributed by atoms with E-state index in [0.29, 0.717) is 34.7 Å². The Balaban J connectivity index is 1.48. The van der Waals surface area contributed by atoms with Crippen molar-refractivity contribution in [1.29, 1.82) is 0 Å². The minimum Gasteiger partial charge on any atom is -0.508 e. The fraction of sp³-hybridized carbons (Fsp3) is 0.267. The van der Waals surface area contributed by atoms with Crippen molar-refractivity contribution in [1.82, 2.24) is 24.8 Å². The van der Waals surface area contributed by atoms with Crippen LogP contribution in [-0.2, 0) is 9.47 Å². The van der Waals surface area contributed by atoms with Crippen LogP contribution in [0.5, 0.6) is 5.75 Å². The second-order valence-electron chi connectivity index (χ2n) is 9.54. The predicted molar refractivity (Wildman–Crippen MR) is 156 cm³/mol. The Morgan fingerprint density at radius 2 is 1.72 bits per heavy atom. The van der Waals surface area contributed by atoms with E-state index >= 15 is 0 Å². The smallest absolute Gasteiger partial charge is 0.419 e. The number of carbonyl (C=O) groups excluding carboxylic acids is 4. The third kappa shape index (κ3) is 6.89. The Morgan fingerprint density at radius 3 is 2.42 bits per heavy atom. The van der Waals surface area contributed by atoms with Gasteiger partial charge in [0.05, 0.1) is 11.1 Å². The highest BCUT2D eigenvalue weighted by molar-refractivity contribution is 6.04. The summed E-state index contributed by atoms with van der Waals surface area (Å²) in [5, 5.41) is 19.7. The Hall–Kier alpha value is -5.46. The number of amides is 3. The van der Waals surface area contributed by atoms with Crippen molar-refractivity contribution in [2.75, 3.05) is 25.2 Å². The molecule has 0 saturated heterocycles. The topological polar surface area (TPSA) is 164 Å². The highest BCUT2D eigenvalue weighted by Crippen LogP contribution is 2.28. The van der Waals surface area contributed by atoms with E-state index in [1.807, 2.05) is 20.8 Å². The Labute approximate surface area is 247 Å². The van der Waals surface area contributed by atoms with Gasteiger partial charge >= 0.3 is 12.1 Å². The normalized spacial score (nSPS) is 10.7. The lowest BCUT2D eigenvalue weighted by molar-refractivity contribution is -0.0102. The van der Waals surface area contributed by atoms with Crippen molar-refractivity contribution in [3.05, 3.63) is 82.8 Å². The van der Waals surface area contributed by atoms with Crippen molar-refractivity contribution in [2.45, 2.75) is 34.1 Å². The van der Waals surface area contributed by atoms with Crippen molar-refractivity contribution >= 4 is 40.9 Å². The zero-order valence-electron chi connectivity index (χ0n) is 24.2. The van der Waals surface area contributed by atoms with E-state index in [2.05, 4.69) is 20.7 Å². The van der Waals surface area contributed by atoms with Crippen molar-refractivity contribution in [3.63, 3.8) is 0 Å². The first-order valence-electron chi connectivity index (χ1n) is 13.6. The predicted octanol–water partition coefficient (Wildman–Crippen LogP) is 4.35. The second kappa shape index (κ2) is 13.5. The van der Waals surface area contributed by atoms with Gasteiger partial charge in [0.25, 0.3) is 11.8 Å². The van der Waals surface area contributed by atoms with Gasteiger partial charge in [-0.1, -0.05) is 13.0 Å². The van der Waals surface area contributed by atoms with Gasteiger partial charge in [0.15, 0.2) is 5.82 Å². The van der Waals surface area contributed by atoms with E-state index in [0.717, 1.165) is 16.9 Å². The number of carbonyl (C=O) groups is 4. The average Bonchev–Trinajstić information content (AvgIpc) is 3.34. The summed E-state index contributed by atoms with van der Waals surface area (Å²) in [6.07, 6.45) is 2.81. The first-order chi connectivity index (χ1) is 20.6. The number of ether oxygens (including phenoxy) is 2. The maximum absolute atomic E-state index is 13.3. The fourth-order valence-electron chi connectivity index (χ4n) is 4.24. The molecule has 0 radical (unpaired) electrons. The molecule has 0 unspecified atom stereocenters. The SMILES string of the molecule is CCCNC(=O)c1cn2ncnc(Nc3cc(C(=O)N(CC)C(=O)OCOC(=O)c4ccc(O)cc4)ccc3C)c2c1C. The van der Waals surface area contributed by atoms with Crippen LogP contribution in [0.4, 0.5) is 16.3 Å². The number of esters is 1. The maximum Gasteiger partial charge on any atom is 0.419 e. The number of hydrogen-bond donors (Lipinski definition) is 3. The number of phenols is 1. The molecule has 0 spiro atoms. The third-order valence-electron chi connectivity index (χ3n) is 6.60. The van der Waals surface area contributed by atoms with E-state index < -0.39 is 24.8 Å². The standard InChI is InChI=1S/C30H32N6O7/c1-5-13-31-27(38)23-15-36-25(19(23)4)26(32-16-33-36)34-24-14-21(8-7-18(24)3)28(39)35(6-2)30(41)43-17-42-29(40)20-9-11-22(37)12-10-20/h7-12,14-16,37H,5-6,13,17H2,1-4H3,(H,31,38)(H,32,33,34). The van der Waals surface area contributed by atoms with Gasteiger partial charge in [-0.05, 0) is 74.7 Å². The Bertz CT molecular complexity index is 1670. The summed E-state index contributed by atoms with van der Waals surface area (Å²) >= 11 is 0. The molecule has 3 amide bonds. The molecule has 13 heteroatoms. The number of anilines is 2. The summed E-state index contributed by atoms with van der Waals surface area (Å²) in [5.74, 6) is -1.18. The van der Waals surface area contributed by atoms with Gasteiger partial charge in [-0.3, -0.25) is 9.59 Å². The van der Waals surface area contributed by atoms with Gasteiger partial charge in [-0.2, -0.15) is 5.10 Å². The van der Waals surface area contributed by atoms with Crippen molar-refractivity contribution < 1.29 is 33.8 Å². The number of phenolic OH excluding ortho intramolecular Hbond substituents is 1. The molecule has 224 valence electrons. The zero-order chi connectivity index (χ0) is 31.1. The molecule has 0 fully saturated rings. The molecule has 0 saturated carbocycles. The van der Waals surface area contributed by atoms with Crippen LogP contribution in [0.1, 0.15) is 62.5 Å². The molecular weight excluding hydrogens is 556 g/mol. The molecule has 43 heavy (non-hydrogen) atoms. The Morgan fingerprint density at radius 1 is 1.00 bits per heavy atom. The van der Waals surface area contributed by atoms with Crippen molar-refractivity contribution in [2.24, 2.45) is 0 Å². The second-order valence-corrected chi connectivity index (χ2v) is 9.54. The van der Waals surface area contributed by atoms with Crippen molar-refractivity contribution in [3.8, 4) is 5.75 Å². The number of aryl methyl sites for hydroxylation is 2. The summed E-state index contributed by atoms with van der Waals surface area (Å²) in [4.78, 5) is 56.0. The first kappa shape index (κ1) is 30.5. The lowest BCUT2D eigenvalue weighted by Gasteiger charge is -2.19. The van der Waals surface area contributed by atoms with Gasteiger partial charge < -0.3 is 25.2 Å². The fourth-order valence-corrected chi connectivity index (χ4v) is 4.24. The summed E-state index contributed by atoms with van der Waals surface area (Å²) in [5.41, 5.74) is 3.47. The molecular formula is C30H32N6O7. The first-order valence-corrected chi connectivity index (χ1v) is 13.6. The van der Waals surface area contributed by atoms with Gasteiger partial charge in [0.2, 0.25) is 6.79 Å². The van der Waals surface area contributed by atoms with Gasteiger partial charge in [0.1, 0.15) is 17.6 Å². The lowest BCUT2D eigenvalue weighted by atomic mass is 10.1. The van der Waals surface area contributed by atoms with E-state index in [1.165, 1.54) is 30.6 Å². The summed E-state index contributed by atoms with van der Waals surface area (Å²) in [6, 6.07) is 10.3. The summed E-state index contributed by atoms with van der Waals surface area (Å²) in [6.45, 7) is 7.08. The van der Waals surface area contributed by atoms with Crippen LogP contribution in [0.2, 0.25) is 0 Å². The van der Waals surface area contributed by atoms with Crippen LogP contribution < -0.4 is 10.6 Å². The van der Waals surface area contributed by atoms with Crippen LogP contribution in [-0.4, -0.2) is 68.4 Å². The maximum atomic E-state index is 13.3. The highest BCUT2D eigenvalue weighted by atomic mass is 16.7. The number of aromatic hydroxyl groups is 1. The van der Waals surface area contributed by atoms with E-state index in [-0.39, 0.29) is 29.3 Å². The minimum absolute atomic E-state index is 0.00102. The van der Waals surface area contributed by atoms with Gasteiger partial charge in [-0.25, -0.2) is 24.0 Å². The number of rotatable bonds is 10. The number of fused-ring (bicyclic) bond motifs is 1. The number of aromatic nitrogens is 3. The quantitative estimate of drug-likeness (QED) is 0.179. The largest absolute Gasteiger partial charge is 0.508 e. The lowest BCUT2D eigenvalue weighted by Crippen LogP contribution is -2.37. The van der Waals surface area contributed by atoms with E-state index in [4.69, 9.17) is 9.47 Å². The van der Waals surface area contributed by atoms with Crippen LogP contribution in [0.15, 0.2) is 55.0 Å². The highest BCUT2D eigenvalue weighted by Gasteiger charge is 2.24. The molecule has 0 atom stereocenters. The summed E-state index contributed by atoms with van der Waals surface area (Å²) < 4.78 is 11.5. The van der Waals surface area contributed by atoms with Gasteiger partial charge in [-0.15, -0.1) is 0 Å². The molecule has 2 aromatic heterocycles. The van der Waals surface area contributed by atoms with Crippen LogP contribution in [0, 0.1) is 13.8 Å². The minimum atomic E-state index is -0.990. The summed E-state index contributed by atoms with van der Waals surface area (Å²) in [7, 11) is 0. The molecule has 4 rings (SSSR count). The molecule has 0 aliphatic carbocycles. The van der Waals surface area contributed by atoms with Crippen LogP contribution >= 0.6 is 0 Å². The third-order valence-corrected chi connectivity index (χ3v) is 6.60. The number of benzene rings is 2. The number of imide groups is 1. The molecule has 0 bridgehead atoms. The molecule has 2 heterocycles. The molecule has 3 N–H and O–H groups in total. The van der Waals surface area contributed by atoms with Gasteiger partial charge in [0, 0.05) is 30.5 Å².